The molecule has 1 saturated heterocycles. The zero-order valence-electron chi connectivity index (χ0n) is 13.1. The lowest BCUT2D eigenvalue weighted by Gasteiger charge is -2.24. The summed E-state index contributed by atoms with van der Waals surface area (Å²) in [6.07, 6.45) is 5.13. The van der Waals surface area contributed by atoms with E-state index >= 15 is 0 Å². The minimum Gasteiger partial charge on any atom is -0.493 e. The van der Waals surface area contributed by atoms with Gasteiger partial charge in [-0.15, -0.1) is 0 Å². The van der Waals surface area contributed by atoms with Gasteiger partial charge in [-0.2, -0.15) is 0 Å². The van der Waals surface area contributed by atoms with Crippen LogP contribution in [0.1, 0.15) is 18.4 Å². The predicted octanol–water partition coefficient (Wildman–Crippen LogP) is 2.28. The maximum atomic E-state index is 12.0. The fraction of sp³-hybridized carbons (Fsp3) is 0.438. The van der Waals surface area contributed by atoms with E-state index < -0.39 is 0 Å². The van der Waals surface area contributed by atoms with Crippen molar-refractivity contribution in [3.63, 3.8) is 0 Å². The summed E-state index contributed by atoms with van der Waals surface area (Å²) in [5, 5.41) is 1.39. The van der Waals surface area contributed by atoms with Crippen molar-refractivity contribution in [2.75, 3.05) is 34.5 Å². The third kappa shape index (κ3) is 3.71. The number of methoxy groups -OCH3 is 3. The third-order valence-corrected chi connectivity index (χ3v) is 3.35. The maximum Gasteiger partial charge on any atom is 0.270 e. The molecule has 0 N–H and O–H groups in total. The van der Waals surface area contributed by atoms with Gasteiger partial charge in [0.25, 0.3) is 5.91 Å². The van der Waals surface area contributed by atoms with Crippen LogP contribution in [0, 0.1) is 0 Å². The monoisotopic (exact) mass is 307 g/mol. The molecule has 0 spiro atoms. The van der Waals surface area contributed by atoms with Crippen LogP contribution in [0.25, 0.3) is 6.08 Å². The largest absolute Gasteiger partial charge is 0.493 e. The van der Waals surface area contributed by atoms with E-state index in [1.807, 2.05) is 0 Å². The second-order valence-electron chi connectivity index (χ2n) is 4.77. The summed E-state index contributed by atoms with van der Waals surface area (Å²) in [5.41, 5.74) is 0.778. The number of rotatable bonds is 5. The molecule has 1 fully saturated rings. The minimum absolute atomic E-state index is 0.173. The Bertz CT molecular complexity index is 524. The van der Waals surface area contributed by atoms with Crippen LogP contribution in [0.5, 0.6) is 17.2 Å². The van der Waals surface area contributed by atoms with Crippen molar-refractivity contribution >= 4 is 12.0 Å². The number of hydrogen-bond donors (Lipinski definition) is 0. The highest BCUT2D eigenvalue weighted by molar-refractivity contribution is 5.91. The highest BCUT2D eigenvalue weighted by Crippen LogP contribution is 2.38. The highest BCUT2D eigenvalue weighted by atomic mass is 16.7. The van der Waals surface area contributed by atoms with Gasteiger partial charge in [0.15, 0.2) is 11.5 Å². The topological polar surface area (TPSA) is 57.2 Å². The van der Waals surface area contributed by atoms with Crippen molar-refractivity contribution in [2.45, 2.75) is 12.8 Å². The molecule has 2 rings (SSSR count). The van der Waals surface area contributed by atoms with E-state index in [9.17, 15) is 4.79 Å². The molecular formula is C16H21NO5. The fourth-order valence-electron chi connectivity index (χ4n) is 2.22. The Hall–Kier alpha value is -2.21. The van der Waals surface area contributed by atoms with Crippen LogP contribution in [0.15, 0.2) is 18.2 Å². The Balaban J connectivity index is 2.17. The quantitative estimate of drug-likeness (QED) is 0.781. The van der Waals surface area contributed by atoms with Crippen LogP contribution in [-0.4, -0.2) is 45.5 Å². The Morgan fingerprint density at radius 3 is 2.32 bits per heavy atom. The Morgan fingerprint density at radius 2 is 1.82 bits per heavy atom. The molecule has 0 atom stereocenters. The van der Waals surface area contributed by atoms with Crippen LogP contribution >= 0.6 is 0 Å². The molecule has 0 radical (unpaired) electrons. The first-order valence-corrected chi connectivity index (χ1v) is 7.12. The molecule has 0 aliphatic carbocycles. The van der Waals surface area contributed by atoms with E-state index in [1.54, 1.807) is 39.5 Å². The first-order valence-electron chi connectivity index (χ1n) is 7.12. The number of nitrogens with zero attached hydrogens (tertiary/aromatic N) is 1. The van der Waals surface area contributed by atoms with Crippen molar-refractivity contribution in [1.82, 2.24) is 5.06 Å². The molecule has 6 nitrogen and oxygen atoms in total. The normalized spacial score (nSPS) is 15.0. The lowest BCUT2D eigenvalue weighted by Crippen LogP contribution is -2.34. The molecule has 1 aliphatic heterocycles. The maximum absolute atomic E-state index is 12.0. The van der Waals surface area contributed by atoms with Crippen molar-refractivity contribution in [2.24, 2.45) is 0 Å². The second kappa shape index (κ2) is 7.70. The van der Waals surface area contributed by atoms with Crippen LogP contribution in [-0.2, 0) is 9.63 Å². The zero-order valence-corrected chi connectivity index (χ0v) is 13.1. The smallest absolute Gasteiger partial charge is 0.270 e. The van der Waals surface area contributed by atoms with E-state index in [4.69, 9.17) is 19.0 Å². The van der Waals surface area contributed by atoms with Gasteiger partial charge in [0.05, 0.1) is 27.9 Å². The van der Waals surface area contributed by atoms with Crippen LogP contribution in [0.4, 0.5) is 0 Å². The lowest BCUT2D eigenvalue weighted by atomic mass is 10.1. The number of carbonyl (C=O) groups excluding carboxylic acids is 1. The van der Waals surface area contributed by atoms with Gasteiger partial charge in [0.1, 0.15) is 0 Å². The van der Waals surface area contributed by atoms with Gasteiger partial charge in [-0.3, -0.25) is 9.63 Å². The summed E-state index contributed by atoms with van der Waals surface area (Å²) in [6.45, 7) is 1.21. The van der Waals surface area contributed by atoms with Gasteiger partial charge in [-0.05, 0) is 36.6 Å². The number of benzene rings is 1. The van der Waals surface area contributed by atoms with Gasteiger partial charge in [-0.25, -0.2) is 5.06 Å². The number of ether oxygens (including phenoxy) is 3. The molecule has 6 heteroatoms. The standard InChI is InChI=1S/C16H21NO5/c1-19-13-10-12(11-14(20-2)16(13)21-3)6-7-15(18)17-8-4-5-9-22-17/h6-7,10-11H,4-5,8-9H2,1-3H3/b7-6-. The summed E-state index contributed by atoms with van der Waals surface area (Å²) in [7, 11) is 4.65. The molecule has 0 unspecified atom stereocenters. The summed E-state index contributed by atoms with van der Waals surface area (Å²) in [6, 6.07) is 3.56. The van der Waals surface area contributed by atoms with Gasteiger partial charge in [-0.1, -0.05) is 0 Å². The SMILES string of the molecule is COc1cc(/C=C\C(=O)N2CCCCO2)cc(OC)c1OC. The number of carbonyl (C=O) groups is 1. The molecule has 1 amide bonds. The van der Waals surface area contributed by atoms with Gasteiger partial charge < -0.3 is 14.2 Å². The molecule has 0 saturated carbocycles. The zero-order chi connectivity index (χ0) is 15.9. The number of amides is 1. The Labute approximate surface area is 130 Å². The van der Waals surface area contributed by atoms with E-state index in [1.165, 1.54) is 11.1 Å². The molecule has 22 heavy (non-hydrogen) atoms. The van der Waals surface area contributed by atoms with Crippen LogP contribution in [0.3, 0.4) is 0 Å². The Kier molecular flexibility index (Phi) is 5.66. The molecule has 1 aliphatic rings. The molecule has 1 aromatic carbocycles. The van der Waals surface area contributed by atoms with E-state index in [2.05, 4.69) is 0 Å². The van der Waals surface area contributed by atoms with Crippen molar-refractivity contribution in [1.29, 1.82) is 0 Å². The average Bonchev–Trinajstić information content (AvgIpc) is 2.59. The molecular weight excluding hydrogens is 286 g/mol. The number of hydroxylamine groups is 2. The van der Waals surface area contributed by atoms with Crippen LogP contribution in [0.2, 0.25) is 0 Å². The predicted molar refractivity (Wildman–Crippen MR) is 82.0 cm³/mol. The summed E-state index contributed by atoms with van der Waals surface area (Å²) < 4.78 is 15.8. The second-order valence-corrected chi connectivity index (χ2v) is 4.77. The van der Waals surface area contributed by atoms with Gasteiger partial charge >= 0.3 is 0 Å². The minimum atomic E-state index is -0.173. The summed E-state index contributed by atoms with van der Waals surface area (Å²) in [5.74, 6) is 1.44. The third-order valence-electron chi connectivity index (χ3n) is 3.35. The average molecular weight is 307 g/mol. The number of hydrogen-bond acceptors (Lipinski definition) is 5. The molecule has 1 aromatic rings. The summed E-state index contributed by atoms with van der Waals surface area (Å²) >= 11 is 0. The van der Waals surface area contributed by atoms with Gasteiger partial charge in [0, 0.05) is 12.6 Å². The lowest BCUT2D eigenvalue weighted by molar-refractivity contribution is -0.191. The van der Waals surface area contributed by atoms with Crippen LogP contribution < -0.4 is 14.2 Å². The highest BCUT2D eigenvalue weighted by Gasteiger charge is 2.16. The van der Waals surface area contributed by atoms with E-state index in [-0.39, 0.29) is 5.91 Å². The van der Waals surface area contributed by atoms with Crippen molar-refractivity contribution in [3.05, 3.63) is 23.8 Å². The molecule has 0 bridgehead atoms. The van der Waals surface area contributed by atoms with Crippen molar-refractivity contribution < 1.29 is 23.8 Å². The van der Waals surface area contributed by atoms with Gasteiger partial charge in [0.2, 0.25) is 5.75 Å². The van der Waals surface area contributed by atoms with E-state index in [0.29, 0.717) is 30.4 Å². The first kappa shape index (κ1) is 16.2. The molecule has 0 aromatic heterocycles. The first-order chi connectivity index (χ1) is 10.7. The summed E-state index contributed by atoms with van der Waals surface area (Å²) in [4.78, 5) is 17.3. The fourth-order valence-corrected chi connectivity index (χ4v) is 2.22. The Morgan fingerprint density at radius 1 is 1.14 bits per heavy atom. The molecule has 120 valence electrons. The van der Waals surface area contributed by atoms with E-state index in [0.717, 1.165) is 18.4 Å². The van der Waals surface area contributed by atoms with Crippen molar-refractivity contribution in [3.8, 4) is 17.2 Å². The molecule has 1 heterocycles.